The second-order valence-electron chi connectivity index (χ2n) is 3.12. The molecule has 0 aliphatic rings. The number of nitrogen functional groups attached to an aromatic ring is 1. The third-order valence-electron chi connectivity index (χ3n) is 1.88. The first-order valence-corrected chi connectivity index (χ1v) is 4.78. The van der Waals surface area contributed by atoms with Crippen LogP contribution in [0.1, 0.15) is 5.56 Å². The fourth-order valence-electron chi connectivity index (χ4n) is 1.11. The highest BCUT2D eigenvalue weighted by molar-refractivity contribution is 5.79. The molecule has 0 radical (unpaired) electrons. The molecule has 0 bridgehead atoms. The molecule has 1 aromatic carbocycles. The van der Waals surface area contributed by atoms with Gasteiger partial charge in [-0.3, -0.25) is 5.43 Å². The van der Waals surface area contributed by atoms with E-state index in [1.807, 2.05) is 30.3 Å². The zero-order valence-corrected chi connectivity index (χ0v) is 8.54. The second kappa shape index (κ2) is 4.88. The molecule has 16 heavy (non-hydrogen) atoms. The van der Waals surface area contributed by atoms with Gasteiger partial charge in [0.25, 0.3) is 0 Å². The summed E-state index contributed by atoms with van der Waals surface area (Å²) in [5, 5.41) is 11.5. The maximum absolute atomic E-state index is 5.41. The Morgan fingerprint density at radius 1 is 1.06 bits per heavy atom. The van der Waals surface area contributed by atoms with Gasteiger partial charge in [-0.2, -0.15) is 5.10 Å². The van der Waals surface area contributed by atoms with Gasteiger partial charge in [-0.1, -0.05) is 30.3 Å². The molecular weight excluding hydrogens is 202 g/mol. The minimum atomic E-state index is 0.387. The first kappa shape index (κ1) is 10.1. The summed E-state index contributed by atoms with van der Waals surface area (Å²) >= 11 is 0. The number of benzene rings is 1. The molecule has 2 aromatic rings. The lowest BCUT2D eigenvalue weighted by atomic mass is 10.2. The Hall–Kier alpha value is -2.43. The third-order valence-corrected chi connectivity index (χ3v) is 1.88. The maximum Gasteiger partial charge on any atom is 0.168 e. The summed E-state index contributed by atoms with van der Waals surface area (Å²) in [6.07, 6.45) is 1.71. The molecule has 1 aromatic heterocycles. The molecular formula is C11H11N5. The summed E-state index contributed by atoms with van der Waals surface area (Å²) in [6, 6.07) is 13.1. The van der Waals surface area contributed by atoms with Crippen molar-refractivity contribution in [2.24, 2.45) is 5.10 Å². The van der Waals surface area contributed by atoms with E-state index in [2.05, 4.69) is 20.7 Å². The quantitative estimate of drug-likeness (QED) is 0.598. The minimum Gasteiger partial charge on any atom is -0.382 e. The zero-order valence-electron chi connectivity index (χ0n) is 8.54. The van der Waals surface area contributed by atoms with Crippen molar-refractivity contribution in [2.75, 3.05) is 11.2 Å². The van der Waals surface area contributed by atoms with E-state index in [9.17, 15) is 0 Å². The van der Waals surface area contributed by atoms with E-state index < -0.39 is 0 Å². The van der Waals surface area contributed by atoms with Crippen molar-refractivity contribution < 1.29 is 0 Å². The fraction of sp³-hybridized carbons (Fsp3) is 0. The van der Waals surface area contributed by atoms with E-state index in [-0.39, 0.29) is 0 Å². The Balaban J connectivity index is 1.97. The van der Waals surface area contributed by atoms with E-state index in [4.69, 9.17) is 5.73 Å². The molecule has 5 heteroatoms. The third kappa shape index (κ3) is 2.78. The molecule has 0 fully saturated rings. The van der Waals surface area contributed by atoms with Crippen molar-refractivity contribution in [3.05, 3.63) is 48.0 Å². The summed E-state index contributed by atoms with van der Waals surface area (Å²) in [6.45, 7) is 0. The number of nitrogens with one attached hydrogen (secondary N) is 1. The van der Waals surface area contributed by atoms with Gasteiger partial charge >= 0.3 is 0 Å². The normalized spacial score (nSPS) is 10.5. The van der Waals surface area contributed by atoms with Crippen LogP contribution >= 0.6 is 0 Å². The lowest BCUT2D eigenvalue weighted by molar-refractivity contribution is 1.03. The van der Waals surface area contributed by atoms with Crippen molar-refractivity contribution in [1.29, 1.82) is 0 Å². The van der Waals surface area contributed by atoms with Gasteiger partial charge in [-0.15, -0.1) is 10.2 Å². The summed E-state index contributed by atoms with van der Waals surface area (Å²) in [7, 11) is 0. The molecule has 0 saturated heterocycles. The fourth-order valence-corrected chi connectivity index (χ4v) is 1.11. The van der Waals surface area contributed by atoms with Crippen LogP contribution in [0.15, 0.2) is 47.6 Å². The molecule has 80 valence electrons. The van der Waals surface area contributed by atoms with Crippen LogP contribution in [-0.4, -0.2) is 16.4 Å². The van der Waals surface area contributed by atoms with Crippen LogP contribution in [0.2, 0.25) is 0 Å². The van der Waals surface area contributed by atoms with Gasteiger partial charge in [0.2, 0.25) is 0 Å². The first-order chi connectivity index (χ1) is 7.84. The molecule has 0 aliphatic heterocycles. The second-order valence-corrected chi connectivity index (χ2v) is 3.12. The largest absolute Gasteiger partial charge is 0.382 e. The number of hydrazone groups is 1. The molecule has 5 nitrogen and oxygen atoms in total. The van der Waals surface area contributed by atoms with Crippen LogP contribution in [0.4, 0.5) is 11.6 Å². The molecule has 1 heterocycles. The number of nitrogens with zero attached hydrogens (tertiary/aromatic N) is 3. The van der Waals surface area contributed by atoms with Crippen molar-refractivity contribution >= 4 is 17.9 Å². The Bertz CT molecular complexity index is 463. The monoisotopic (exact) mass is 213 g/mol. The number of hydrogen-bond acceptors (Lipinski definition) is 5. The predicted octanol–water partition coefficient (Wildman–Crippen LogP) is 1.50. The van der Waals surface area contributed by atoms with Crippen LogP contribution in [0.25, 0.3) is 0 Å². The van der Waals surface area contributed by atoms with Gasteiger partial charge in [-0.25, -0.2) is 0 Å². The zero-order chi connectivity index (χ0) is 11.2. The van der Waals surface area contributed by atoms with E-state index in [1.165, 1.54) is 0 Å². The summed E-state index contributed by atoms with van der Waals surface area (Å²) < 4.78 is 0. The van der Waals surface area contributed by atoms with Crippen molar-refractivity contribution in [3.8, 4) is 0 Å². The van der Waals surface area contributed by atoms with Gasteiger partial charge in [0.1, 0.15) is 5.82 Å². The van der Waals surface area contributed by atoms with Crippen LogP contribution < -0.4 is 11.2 Å². The number of nitrogens with two attached hydrogens (primary N) is 1. The van der Waals surface area contributed by atoms with Crippen molar-refractivity contribution in [2.45, 2.75) is 0 Å². The molecule has 2 rings (SSSR count). The first-order valence-electron chi connectivity index (χ1n) is 4.78. The summed E-state index contributed by atoms with van der Waals surface area (Å²) in [5.74, 6) is 0.943. The van der Waals surface area contributed by atoms with Crippen LogP contribution in [0.3, 0.4) is 0 Å². The highest BCUT2D eigenvalue weighted by Gasteiger charge is 1.91. The topological polar surface area (TPSA) is 76.2 Å². The van der Waals surface area contributed by atoms with Crippen LogP contribution in [-0.2, 0) is 0 Å². The molecule has 3 N–H and O–H groups in total. The molecule has 0 amide bonds. The number of hydrogen-bond donors (Lipinski definition) is 2. The molecule has 0 aliphatic carbocycles. The highest BCUT2D eigenvalue weighted by Crippen LogP contribution is 2.02. The molecule has 0 atom stereocenters. The van der Waals surface area contributed by atoms with E-state index in [1.54, 1.807) is 18.3 Å². The van der Waals surface area contributed by atoms with Gasteiger partial charge in [0.15, 0.2) is 5.82 Å². The van der Waals surface area contributed by atoms with Gasteiger partial charge < -0.3 is 5.73 Å². The van der Waals surface area contributed by atoms with Gasteiger partial charge in [-0.05, 0) is 17.7 Å². The Kier molecular flexibility index (Phi) is 3.08. The SMILES string of the molecule is Nc1ccc(NN=Cc2ccccc2)nn1. The molecule has 0 spiro atoms. The van der Waals surface area contributed by atoms with E-state index in [0.29, 0.717) is 11.6 Å². The highest BCUT2D eigenvalue weighted by atomic mass is 15.3. The van der Waals surface area contributed by atoms with Crippen LogP contribution in [0, 0.1) is 0 Å². The summed E-state index contributed by atoms with van der Waals surface area (Å²) in [4.78, 5) is 0. The standard InChI is InChI=1S/C11H11N5/c12-10-6-7-11(16-14-10)15-13-8-9-4-2-1-3-5-9/h1-8H,(H2,12,14)(H,15,16). The van der Waals surface area contributed by atoms with Gasteiger partial charge in [0, 0.05) is 0 Å². The number of aromatic nitrogens is 2. The average Bonchev–Trinajstić information content (AvgIpc) is 2.33. The lowest BCUT2D eigenvalue weighted by Crippen LogP contribution is -1.97. The lowest BCUT2D eigenvalue weighted by Gasteiger charge is -1.97. The van der Waals surface area contributed by atoms with Crippen LogP contribution in [0.5, 0.6) is 0 Å². The van der Waals surface area contributed by atoms with Crippen molar-refractivity contribution in [1.82, 2.24) is 10.2 Å². The van der Waals surface area contributed by atoms with E-state index in [0.717, 1.165) is 5.56 Å². The predicted molar refractivity (Wildman–Crippen MR) is 64.1 cm³/mol. The molecule has 0 unspecified atom stereocenters. The Labute approximate surface area is 93.0 Å². The smallest absolute Gasteiger partial charge is 0.168 e. The summed E-state index contributed by atoms with van der Waals surface area (Å²) in [5.41, 5.74) is 9.18. The number of anilines is 2. The molecule has 0 saturated carbocycles. The maximum atomic E-state index is 5.41. The van der Waals surface area contributed by atoms with Gasteiger partial charge in [0.05, 0.1) is 6.21 Å². The number of rotatable bonds is 3. The minimum absolute atomic E-state index is 0.387. The Morgan fingerprint density at radius 3 is 2.56 bits per heavy atom. The average molecular weight is 213 g/mol. The Morgan fingerprint density at radius 2 is 1.88 bits per heavy atom. The van der Waals surface area contributed by atoms with Crippen molar-refractivity contribution in [3.63, 3.8) is 0 Å². The van der Waals surface area contributed by atoms with E-state index >= 15 is 0 Å².